The largest absolute Gasteiger partial charge is 0.379 e. The Kier molecular flexibility index (Phi) is 4.92. The SMILES string of the molecule is CCO[C@@H]1COCC[C@H]1NC(=O)c1cnc2cccc(C)n2c1=O. The Labute approximate surface area is 139 Å². The average molecular weight is 331 g/mol. The molecule has 1 fully saturated rings. The van der Waals surface area contributed by atoms with E-state index >= 15 is 0 Å². The molecule has 1 amide bonds. The van der Waals surface area contributed by atoms with Crippen molar-refractivity contribution < 1.29 is 14.3 Å². The zero-order valence-corrected chi connectivity index (χ0v) is 13.8. The molecule has 0 spiro atoms. The molecule has 7 nitrogen and oxygen atoms in total. The van der Waals surface area contributed by atoms with Gasteiger partial charge in [0, 0.05) is 25.1 Å². The second-order valence-corrected chi connectivity index (χ2v) is 5.78. The first-order valence-corrected chi connectivity index (χ1v) is 8.09. The van der Waals surface area contributed by atoms with Gasteiger partial charge in [-0.15, -0.1) is 0 Å². The summed E-state index contributed by atoms with van der Waals surface area (Å²) in [5.74, 6) is -0.429. The molecule has 24 heavy (non-hydrogen) atoms. The minimum Gasteiger partial charge on any atom is -0.379 e. The summed E-state index contributed by atoms with van der Waals surface area (Å²) in [5, 5.41) is 2.90. The van der Waals surface area contributed by atoms with Crippen LogP contribution in [0.15, 0.2) is 29.2 Å². The Morgan fingerprint density at radius 3 is 3.12 bits per heavy atom. The number of amides is 1. The Balaban J connectivity index is 1.87. The lowest BCUT2D eigenvalue weighted by Gasteiger charge is -2.31. The highest BCUT2D eigenvalue weighted by Crippen LogP contribution is 2.12. The summed E-state index contributed by atoms with van der Waals surface area (Å²) >= 11 is 0. The van der Waals surface area contributed by atoms with Crippen LogP contribution in [-0.2, 0) is 9.47 Å². The van der Waals surface area contributed by atoms with E-state index in [0.717, 1.165) is 5.69 Å². The molecule has 3 heterocycles. The number of ether oxygens (including phenoxy) is 2. The summed E-state index contributed by atoms with van der Waals surface area (Å²) in [7, 11) is 0. The minimum absolute atomic E-state index is 0.0311. The first kappa shape index (κ1) is 16.6. The van der Waals surface area contributed by atoms with Crippen LogP contribution in [0.1, 0.15) is 29.4 Å². The van der Waals surface area contributed by atoms with E-state index in [0.29, 0.717) is 31.9 Å². The predicted octanol–water partition coefficient (Wildman–Crippen LogP) is 0.927. The van der Waals surface area contributed by atoms with Crippen molar-refractivity contribution in [2.24, 2.45) is 0 Å². The van der Waals surface area contributed by atoms with Crippen molar-refractivity contribution in [3.05, 3.63) is 46.0 Å². The summed E-state index contributed by atoms with van der Waals surface area (Å²) in [6, 6.07) is 5.19. The highest BCUT2D eigenvalue weighted by atomic mass is 16.5. The van der Waals surface area contributed by atoms with E-state index in [2.05, 4.69) is 10.3 Å². The van der Waals surface area contributed by atoms with E-state index in [-0.39, 0.29) is 23.3 Å². The molecule has 2 atom stereocenters. The summed E-state index contributed by atoms with van der Waals surface area (Å²) in [4.78, 5) is 29.4. The highest BCUT2D eigenvalue weighted by molar-refractivity contribution is 5.94. The lowest BCUT2D eigenvalue weighted by molar-refractivity contribution is -0.0632. The van der Waals surface area contributed by atoms with Crippen molar-refractivity contribution in [1.29, 1.82) is 0 Å². The monoisotopic (exact) mass is 331 g/mol. The maximum Gasteiger partial charge on any atom is 0.270 e. The summed E-state index contributed by atoms with van der Waals surface area (Å²) in [5.41, 5.74) is 0.923. The van der Waals surface area contributed by atoms with Gasteiger partial charge in [-0.2, -0.15) is 0 Å². The summed E-state index contributed by atoms with van der Waals surface area (Å²) in [6.45, 7) is 5.24. The third kappa shape index (κ3) is 3.18. The number of pyridine rings is 1. The van der Waals surface area contributed by atoms with Gasteiger partial charge in [0.1, 0.15) is 17.3 Å². The highest BCUT2D eigenvalue weighted by Gasteiger charge is 2.28. The van der Waals surface area contributed by atoms with Gasteiger partial charge in [-0.25, -0.2) is 4.98 Å². The van der Waals surface area contributed by atoms with Crippen LogP contribution in [0.2, 0.25) is 0 Å². The van der Waals surface area contributed by atoms with E-state index in [1.165, 1.54) is 10.6 Å². The standard InChI is InChI=1S/C17H21N3O4/c1-3-24-14-10-23-8-7-13(14)19-16(21)12-9-18-15-6-4-5-11(2)20(15)17(12)22/h4-6,9,13-14H,3,7-8,10H2,1-2H3,(H,19,21)/t13-,14-/m1/s1. The lowest BCUT2D eigenvalue weighted by atomic mass is 10.1. The molecule has 1 aliphatic heterocycles. The van der Waals surface area contributed by atoms with E-state index in [9.17, 15) is 9.59 Å². The number of nitrogens with one attached hydrogen (secondary N) is 1. The molecule has 2 aromatic rings. The van der Waals surface area contributed by atoms with Crippen LogP contribution >= 0.6 is 0 Å². The van der Waals surface area contributed by atoms with Gasteiger partial charge >= 0.3 is 0 Å². The molecule has 7 heteroatoms. The van der Waals surface area contributed by atoms with E-state index in [4.69, 9.17) is 9.47 Å². The maximum atomic E-state index is 12.6. The summed E-state index contributed by atoms with van der Waals surface area (Å²) in [6.07, 6.45) is 1.78. The van der Waals surface area contributed by atoms with Crippen LogP contribution in [0.5, 0.6) is 0 Å². The number of carbonyl (C=O) groups is 1. The predicted molar refractivity (Wildman–Crippen MR) is 88.3 cm³/mol. The van der Waals surface area contributed by atoms with Crippen molar-refractivity contribution in [2.45, 2.75) is 32.4 Å². The maximum absolute atomic E-state index is 12.6. The first-order chi connectivity index (χ1) is 11.6. The third-order valence-electron chi connectivity index (χ3n) is 4.17. The van der Waals surface area contributed by atoms with Gasteiger partial charge in [0.2, 0.25) is 0 Å². The Morgan fingerprint density at radius 2 is 2.33 bits per heavy atom. The molecule has 3 rings (SSSR count). The number of hydrogen-bond donors (Lipinski definition) is 1. The van der Waals surface area contributed by atoms with Crippen molar-refractivity contribution in [2.75, 3.05) is 19.8 Å². The molecular weight excluding hydrogens is 310 g/mol. The van der Waals surface area contributed by atoms with Crippen LogP contribution in [0, 0.1) is 6.92 Å². The minimum atomic E-state index is -0.429. The summed E-state index contributed by atoms with van der Waals surface area (Å²) < 4.78 is 12.5. The fourth-order valence-corrected chi connectivity index (χ4v) is 2.93. The molecule has 128 valence electrons. The van der Waals surface area contributed by atoms with E-state index < -0.39 is 5.91 Å². The van der Waals surface area contributed by atoms with Crippen LogP contribution in [0.4, 0.5) is 0 Å². The Hall–Kier alpha value is -2.25. The molecule has 0 saturated carbocycles. The molecular formula is C17H21N3O4. The van der Waals surface area contributed by atoms with Crippen LogP contribution in [-0.4, -0.2) is 47.3 Å². The third-order valence-corrected chi connectivity index (χ3v) is 4.17. The fourth-order valence-electron chi connectivity index (χ4n) is 2.93. The van der Waals surface area contributed by atoms with Gasteiger partial charge in [0.15, 0.2) is 0 Å². The van der Waals surface area contributed by atoms with E-state index in [1.807, 2.05) is 13.0 Å². The average Bonchev–Trinajstić information content (AvgIpc) is 2.57. The molecule has 1 N–H and O–H groups in total. The molecule has 0 radical (unpaired) electrons. The van der Waals surface area contributed by atoms with Crippen molar-refractivity contribution in [1.82, 2.24) is 14.7 Å². The van der Waals surface area contributed by atoms with Crippen LogP contribution < -0.4 is 10.9 Å². The zero-order chi connectivity index (χ0) is 17.1. The topological polar surface area (TPSA) is 81.9 Å². The van der Waals surface area contributed by atoms with Gasteiger partial charge in [-0.3, -0.25) is 14.0 Å². The fraction of sp³-hybridized carbons (Fsp3) is 0.471. The molecule has 1 saturated heterocycles. The zero-order valence-electron chi connectivity index (χ0n) is 13.8. The van der Waals surface area contributed by atoms with Crippen LogP contribution in [0.3, 0.4) is 0 Å². The second-order valence-electron chi connectivity index (χ2n) is 5.78. The Morgan fingerprint density at radius 1 is 1.50 bits per heavy atom. The van der Waals surface area contributed by atoms with Crippen molar-refractivity contribution in [3.8, 4) is 0 Å². The molecule has 0 bridgehead atoms. The quantitative estimate of drug-likeness (QED) is 0.901. The number of aromatic nitrogens is 2. The molecule has 0 unspecified atom stereocenters. The van der Waals surface area contributed by atoms with Crippen molar-refractivity contribution in [3.63, 3.8) is 0 Å². The lowest BCUT2D eigenvalue weighted by Crippen LogP contribution is -2.50. The molecule has 0 aromatic carbocycles. The van der Waals surface area contributed by atoms with Gasteiger partial charge < -0.3 is 14.8 Å². The van der Waals surface area contributed by atoms with Crippen molar-refractivity contribution >= 4 is 11.6 Å². The first-order valence-electron chi connectivity index (χ1n) is 8.09. The van der Waals surface area contributed by atoms with Gasteiger partial charge in [0.05, 0.1) is 12.6 Å². The molecule has 1 aliphatic rings. The van der Waals surface area contributed by atoms with E-state index in [1.54, 1.807) is 19.1 Å². The number of aryl methyl sites for hydroxylation is 1. The number of nitrogens with zero attached hydrogens (tertiary/aromatic N) is 2. The number of fused-ring (bicyclic) bond motifs is 1. The second kappa shape index (κ2) is 7.11. The molecule has 2 aromatic heterocycles. The van der Waals surface area contributed by atoms with Gasteiger partial charge in [-0.1, -0.05) is 6.07 Å². The van der Waals surface area contributed by atoms with Gasteiger partial charge in [-0.05, 0) is 32.4 Å². The van der Waals surface area contributed by atoms with Gasteiger partial charge in [0.25, 0.3) is 11.5 Å². The number of carbonyl (C=O) groups excluding carboxylic acids is 1. The number of hydrogen-bond acceptors (Lipinski definition) is 5. The normalized spacial score (nSPS) is 20.9. The smallest absolute Gasteiger partial charge is 0.270 e. The molecule has 0 aliphatic carbocycles. The number of rotatable bonds is 4. The van der Waals surface area contributed by atoms with Crippen LogP contribution in [0.25, 0.3) is 5.65 Å². The Bertz CT molecular complexity index is 800.